The van der Waals surface area contributed by atoms with Gasteiger partial charge in [-0.25, -0.2) is 13.6 Å². The molecule has 12 nitrogen and oxygen atoms in total. The SMILES string of the molecule is CCCCC(OP(=O)(OC(CCCC)[N+](=O)[O-])SC(CCCC)[N+](=O)[O-])[N+](=O)[O-]. The second-order valence-electron chi connectivity index (χ2n) is 6.41. The van der Waals surface area contributed by atoms with Crippen LogP contribution in [-0.4, -0.2) is 32.6 Å². The lowest BCUT2D eigenvalue weighted by Crippen LogP contribution is -2.27. The summed E-state index contributed by atoms with van der Waals surface area (Å²) in [5.41, 5.74) is 0. The molecule has 0 heterocycles. The Hall–Kier alpha value is -1.30. The zero-order valence-corrected chi connectivity index (χ0v) is 18.7. The number of nitro groups is 3. The minimum atomic E-state index is -4.58. The predicted octanol–water partition coefficient (Wildman–Crippen LogP) is 5.24. The largest absolute Gasteiger partial charge is 0.406 e. The highest BCUT2D eigenvalue weighted by Crippen LogP contribution is 2.65. The summed E-state index contributed by atoms with van der Waals surface area (Å²) in [6.45, 7) is 0.826. The first-order valence-corrected chi connectivity index (χ1v) is 12.7. The van der Waals surface area contributed by atoms with Crippen LogP contribution in [0.25, 0.3) is 0 Å². The average molecular weight is 459 g/mol. The van der Waals surface area contributed by atoms with Gasteiger partial charge in [0.15, 0.2) is 0 Å². The van der Waals surface area contributed by atoms with Crippen LogP contribution in [0, 0.1) is 30.3 Å². The van der Waals surface area contributed by atoms with E-state index in [1.54, 1.807) is 13.8 Å². The third-order valence-corrected chi connectivity index (χ3v) is 7.81. The Kier molecular flexibility index (Phi) is 14.0. The van der Waals surface area contributed by atoms with Crippen LogP contribution >= 0.6 is 18.2 Å². The van der Waals surface area contributed by atoms with Gasteiger partial charge in [0.05, 0.1) is 9.85 Å². The Balaban J connectivity index is 5.72. The normalized spacial score (nSPS) is 16.5. The Morgan fingerprint density at radius 3 is 1.45 bits per heavy atom. The third kappa shape index (κ3) is 11.5. The molecule has 0 aliphatic heterocycles. The van der Waals surface area contributed by atoms with E-state index in [9.17, 15) is 34.9 Å². The summed E-state index contributed by atoms with van der Waals surface area (Å²) in [5, 5.41) is 32.5. The first-order chi connectivity index (χ1) is 13.6. The molecule has 0 saturated heterocycles. The molecule has 29 heavy (non-hydrogen) atoms. The van der Waals surface area contributed by atoms with Gasteiger partial charge in [0.25, 0.3) is 5.37 Å². The van der Waals surface area contributed by atoms with Crippen LogP contribution in [0.15, 0.2) is 0 Å². The number of hydrogen-bond acceptors (Lipinski definition) is 10. The highest BCUT2D eigenvalue weighted by atomic mass is 32.7. The van der Waals surface area contributed by atoms with E-state index >= 15 is 0 Å². The van der Waals surface area contributed by atoms with Gasteiger partial charge in [-0.1, -0.05) is 40.0 Å². The van der Waals surface area contributed by atoms with Crippen molar-refractivity contribution in [1.29, 1.82) is 0 Å². The molecule has 0 fully saturated rings. The molecule has 0 radical (unpaired) electrons. The van der Waals surface area contributed by atoms with Crippen LogP contribution in [0.5, 0.6) is 0 Å². The van der Waals surface area contributed by atoms with Crippen molar-refractivity contribution in [1.82, 2.24) is 0 Å². The Morgan fingerprint density at radius 1 is 0.759 bits per heavy atom. The van der Waals surface area contributed by atoms with Crippen molar-refractivity contribution < 1.29 is 28.4 Å². The second kappa shape index (κ2) is 14.6. The molecule has 3 atom stereocenters. The van der Waals surface area contributed by atoms with Gasteiger partial charge < -0.3 is 0 Å². The van der Waals surface area contributed by atoms with E-state index in [1.165, 1.54) is 0 Å². The minimum absolute atomic E-state index is 0.0288. The van der Waals surface area contributed by atoms with Crippen molar-refractivity contribution in [2.75, 3.05) is 0 Å². The molecule has 0 aliphatic carbocycles. The molecule has 0 aromatic heterocycles. The smallest absolute Gasteiger partial charge is 0.263 e. The zero-order valence-electron chi connectivity index (χ0n) is 17.0. The monoisotopic (exact) mass is 459 g/mol. The van der Waals surface area contributed by atoms with Gasteiger partial charge in [-0.05, 0) is 19.3 Å². The molecule has 3 unspecified atom stereocenters. The first-order valence-electron chi connectivity index (χ1n) is 9.65. The molecule has 0 saturated carbocycles. The van der Waals surface area contributed by atoms with E-state index in [1.807, 2.05) is 6.92 Å². The van der Waals surface area contributed by atoms with Gasteiger partial charge in [-0.3, -0.25) is 30.3 Å². The maximum absolute atomic E-state index is 13.3. The standard InChI is InChI=1S/C15H30N3O9PS/c1-4-7-10-13(16(19)20)26-28(25,27-14(17(21)22)11-8-5-2)29-15(18(23)24)12-9-6-3/h13-15H,4-12H2,1-3H3. The fraction of sp³-hybridized carbons (Fsp3) is 1.00. The van der Waals surface area contributed by atoms with Crippen molar-refractivity contribution in [3.05, 3.63) is 30.3 Å². The molecule has 0 bridgehead atoms. The van der Waals surface area contributed by atoms with Gasteiger partial charge in [-0.15, -0.1) is 0 Å². The lowest BCUT2D eigenvalue weighted by Gasteiger charge is -2.22. The van der Waals surface area contributed by atoms with E-state index in [2.05, 4.69) is 0 Å². The fourth-order valence-electron chi connectivity index (χ4n) is 2.25. The lowest BCUT2D eigenvalue weighted by molar-refractivity contribution is -0.573. The molecule has 0 amide bonds. The maximum Gasteiger partial charge on any atom is 0.406 e. The molecule has 0 rings (SSSR count). The molecule has 0 spiro atoms. The van der Waals surface area contributed by atoms with E-state index < -0.39 is 39.4 Å². The van der Waals surface area contributed by atoms with Crippen molar-refractivity contribution >= 4 is 18.2 Å². The van der Waals surface area contributed by atoms with Crippen molar-refractivity contribution in [3.63, 3.8) is 0 Å². The summed E-state index contributed by atoms with van der Waals surface area (Å²) < 4.78 is 23.5. The molecular weight excluding hydrogens is 429 g/mol. The van der Waals surface area contributed by atoms with E-state index in [-0.39, 0.29) is 30.6 Å². The van der Waals surface area contributed by atoms with Crippen molar-refractivity contribution in [3.8, 4) is 0 Å². The van der Waals surface area contributed by atoms with E-state index in [4.69, 9.17) is 9.05 Å². The summed E-state index contributed by atoms with van der Waals surface area (Å²) in [4.78, 5) is 31.7. The number of unbranched alkanes of at least 4 members (excludes halogenated alkanes) is 3. The quantitative estimate of drug-likeness (QED) is 0.114. The summed E-state index contributed by atoms with van der Waals surface area (Å²) in [5.74, 6) is 0. The van der Waals surface area contributed by atoms with Crippen LogP contribution in [0.4, 0.5) is 0 Å². The summed E-state index contributed by atoms with van der Waals surface area (Å²) in [6, 6.07) is 0. The van der Waals surface area contributed by atoms with Gasteiger partial charge in [0, 0.05) is 35.6 Å². The average Bonchev–Trinajstić information content (AvgIpc) is 2.65. The molecule has 0 aromatic rings. The molecule has 0 aliphatic rings. The highest BCUT2D eigenvalue weighted by Gasteiger charge is 2.45. The third-order valence-electron chi connectivity index (χ3n) is 3.87. The van der Waals surface area contributed by atoms with E-state index in [0.29, 0.717) is 38.5 Å². The molecule has 0 N–H and O–H groups in total. The van der Waals surface area contributed by atoms with Crippen LogP contribution < -0.4 is 0 Å². The highest BCUT2D eigenvalue weighted by molar-refractivity contribution is 8.55. The fourth-order valence-corrected chi connectivity index (χ4v) is 6.34. The van der Waals surface area contributed by atoms with Gasteiger partial charge in [0.1, 0.15) is 0 Å². The first kappa shape index (κ1) is 27.7. The number of rotatable bonds is 18. The zero-order chi connectivity index (χ0) is 22.4. The topological polar surface area (TPSA) is 165 Å². The van der Waals surface area contributed by atoms with Crippen LogP contribution in [0.1, 0.15) is 78.6 Å². The van der Waals surface area contributed by atoms with Crippen molar-refractivity contribution in [2.24, 2.45) is 0 Å². The lowest BCUT2D eigenvalue weighted by atomic mass is 10.2. The number of nitrogens with zero attached hydrogens (tertiary/aromatic N) is 3. The molecule has 0 aromatic carbocycles. The van der Waals surface area contributed by atoms with Gasteiger partial charge >= 0.3 is 19.3 Å². The summed E-state index contributed by atoms with van der Waals surface area (Å²) in [6.07, 6.45) is -0.542. The van der Waals surface area contributed by atoms with Gasteiger partial charge in [-0.2, -0.15) is 0 Å². The molecule has 170 valence electrons. The van der Waals surface area contributed by atoms with Crippen molar-refractivity contribution in [2.45, 2.75) is 96.4 Å². The minimum Gasteiger partial charge on any atom is -0.263 e. The molecular formula is C15H30N3O9PS. The van der Waals surface area contributed by atoms with Crippen LogP contribution in [0.3, 0.4) is 0 Å². The maximum atomic E-state index is 13.3. The van der Waals surface area contributed by atoms with Crippen LogP contribution in [-0.2, 0) is 13.6 Å². The Bertz CT molecular complexity index is 505. The number of hydrogen-bond donors (Lipinski definition) is 0. The second-order valence-corrected chi connectivity index (χ2v) is 10.5. The van der Waals surface area contributed by atoms with E-state index in [0.717, 1.165) is 0 Å². The van der Waals surface area contributed by atoms with Gasteiger partial charge in [0.2, 0.25) is 0 Å². The predicted molar refractivity (Wildman–Crippen MR) is 108 cm³/mol. The summed E-state index contributed by atoms with van der Waals surface area (Å²) >= 11 is 0.202. The summed E-state index contributed by atoms with van der Waals surface area (Å²) in [7, 11) is 0. The Labute approximate surface area is 173 Å². The Morgan fingerprint density at radius 2 is 1.14 bits per heavy atom. The van der Waals surface area contributed by atoms with Crippen LogP contribution in [0.2, 0.25) is 0 Å². The molecule has 14 heteroatoms.